The van der Waals surface area contributed by atoms with E-state index < -0.39 is 0 Å². The van der Waals surface area contributed by atoms with Crippen molar-refractivity contribution in [2.75, 3.05) is 6.61 Å². The lowest BCUT2D eigenvalue weighted by atomic mass is 10.1. The van der Waals surface area contributed by atoms with E-state index in [0.717, 1.165) is 15.6 Å². The summed E-state index contributed by atoms with van der Waals surface area (Å²) in [6, 6.07) is 6.10. The molecule has 0 fully saturated rings. The smallest absolute Gasteiger partial charge is 0.0807 e. The number of hydrogen-bond donors (Lipinski definition) is 0. The van der Waals surface area contributed by atoms with Gasteiger partial charge in [-0.2, -0.15) is 0 Å². The molecule has 0 saturated carbocycles. The fraction of sp³-hybridized carbons (Fsp3) is 0.400. The third kappa shape index (κ3) is 3.08. The molecule has 3 heteroatoms. The lowest BCUT2D eigenvalue weighted by Gasteiger charge is -2.13. The van der Waals surface area contributed by atoms with E-state index in [1.807, 2.05) is 19.1 Å². The van der Waals surface area contributed by atoms with E-state index in [0.29, 0.717) is 0 Å². The van der Waals surface area contributed by atoms with Gasteiger partial charge in [0.2, 0.25) is 0 Å². The van der Waals surface area contributed by atoms with Crippen LogP contribution >= 0.6 is 31.9 Å². The lowest BCUT2D eigenvalue weighted by Crippen LogP contribution is -2.00. The molecule has 0 radical (unpaired) electrons. The van der Waals surface area contributed by atoms with Crippen molar-refractivity contribution in [3.05, 3.63) is 32.7 Å². The van der Waals surface area contributed by atoms with E-state index in [-0.39, 0.29) is 6.10 Å². The first-order chi connectivity index (χ1) is 6.15. The van der Waals surface area contributed by atoms with Gasteiger partial charge in [0.05, 0.1) is 6.10 Å². The van der Waals surface area contributed by atoms with Gasteiger partial charge >= 0.3 is 0 Å². The summed E-state index contributed by atoms with van der Waals surface area (Å²) >= 11 is 6.94. The molecule has 0 aliphatic carbocycles. The van der Waals surface area contributed by atoms with E-state index in [2.05, 4.69) is 44.8 Å². The molecule has 1 nitrogen and oxygen atoms in total. The Morgan fingerprint density at radius 1 is 1.38 bits per heavy atom. The van der Waals surface area contributed by atoms with Crippen molar-refractivity contribution in [2.24, 2.45) is 0 Å². The van der Waals surface area contributed by atoms with Gasteiger partial charge in [-0.1, -0.05) is 31.9 Å². The van der Waals surface area contributed by atoms with E-state index in [4.69, 9.17) is 4.74 Å². The van der Waals surface area contributed by atoms with Crippen LogP contribution in [-0.2, 0) is 4.74 Å². The number of halogens is 2. The largest absolute Gasteiger partial charge is 0.374 e. The van der Waals surface area contributed by atoms with Gasteiger partial charge in [0, 0.05) is 15.6 Å². The molecular formula is C10H12Br2O. The quantitative estimate of drug-likeness (QED) is 0.808. The Labute approximate surface area is 95.7 Å². The van der Waals surface area contributed by atoms with Gasteiger partial charge in [0.15, 0.2) is 0 Å². The highest BCUT2D eigenvalue weighted by atomic mass is 79.9. The molecule has 0 aliphatic heterocycles. The predicted molar refractivity (Wildman–Crippen MR) is 61.9 cm³/mol. The number of ether oxygens (including phenoxy) is 1. The fourth-order valence-electron chi connectivity index (χ4n) is 1.17. The zero-order valence-corrected chi connectivity index (χ0v) is 10.9. The summed E-state index contributed by atoms with van der Waals surface area (Å²) in [6.07, 6.45) is 0.136. The van der Waals surface area contributed by atoms with Gasteiger partial charge in [0.1, 0.15) is 0 Å². The molecule has 0 saturated heterocycles. The van der Waals surface area contributed by atoms with Crippen LogP contribution in [0, 0.1) is 0 Å². The molecule has 0 spiro atoms. The highest BCUT2D eigenvalue weighted by Crippen LogP contribution is 2.28. The Bertz CT molecular complexity index is 286. The first-order valence-electron chi connectivity index (χ1n) is 4.21. The normalized spacial score (nSPS) is 12.9. The summed E-state index contributed by atoms with van der Waals surface area (Å²) in [5.74, 6) is 0. The molecule has 0 bridgehead atoms. The molecule has 0 amide bonds. The number of rotatable bonds is 3. The fourth-order valence-corrected chi connectivity index (χ4v) is 2.11. The van der Waals surface area contributed by atoms with Crippen LogP contribution in [0.15, 0.2) is 27.1 Å². The first kappa shape index (κ1) is 11.2. The second-order valence-corrected chi connectivity index (χ2v) is 4.53. The van der Waals surface area contributed by atoms with Gasteiger partial charge in [-0.05, 0) is 37.6 Å². The third-order valence-corrected chi connectivity index (χ3v) is 3.03. The Morgan fingerprint density at radius 2 is 2.08 bits per heavy atom. The lowest BCUT2D eigenvalue weighted by molar-refractivity contribution is 0.0759. The van der Waals surface area contributed by atoms with Crippen molar-refractivity contribution in [1.29, 1.82) is 0 Å². The summed E-state index contributed by atoms with van der Waals surface area (Å²) in [5, 5.41) is 0. The molecule has 1 aromatic rings. The average molecular weight is 308 g/mol. The summed E-state index contributed by atoms with van der Waals surface area (Å²) in [6.45, 7) is 4.79. The van der Waals surface area contributed by atoms with Crippen LogP contribution in [0.1, 0.15) is 25.5 Å². The van der Waals surface area contributed by atoms with Crippen LogP contribution < -0.4 is 0 Å². The SMILES string of the molecule is CCOC(C)c1cc(Br)ccc1Br. The highest BCUT2D eigenvalue weighted by molar-refractivity contribution is 9.11. The van der Waals surface area contributed by atoms with Crippen LogP contribution in [0.3, 0.4) is 0 Å². The summed E-state index contributed by atoms with van der Waals surface area (Å²) < 4.78 is 7.69. The van der Waals surface area contributed by atoms with Crippen molar-refractivity contribution < 1.29 is 4.74 Å². The highest BCUT2D eigenvalue weighted by Gasteiger charge is 2.08. The predicted octanol–water partition coefficient (Wildman–Crippen LogP) is 4.31. The third-order valence-electron chi connectivity index (χ3n) is 1.81. The van der Waals surface area contributed by atoms with Crippen LogP contribution in [0.5, 0.6) is 0 Å². The van der Waals surface area contributed by atoms with Crippen LogP contribution in [0.4, 0.5) is 0 Å². The summed E-state index contributed by atoms with van der Waals surface area (Å²) in [4.78, 5) is 0. The molecule has 1 atom stereocenters. The van der Waals surface area contributed by atoms with E-state index in [9.17, 15) is 0 Å². The minimum absolute atomic E-state index is 0.136. The van der Waals surface area contributed by atoms with E-state index >= 15 is 0 Å². The molecule has 0 aromatic heterocycles. The summed E-state index contributed by atoms with van der Waals surface area (Å²) in [5.41, 5.74) is 1.18. The number of benzene rings is 1. The molecule has 1 unspecified atom stereocenters. The van der Waals surface area contributed by atoms with Crippen molar-refractivity contribution in [3.63, 3.8) is 0 Å². The minimum Gasteiger partial charge on any atom is -0.374 e. The van der Waals surface area contributed by atoms with Gasteiger partial charge in [-0.15, -0.1) is 0 Å². The molecule has 1 rings (SSSR count). The molecular weight excluding hydrogens is 296 g/mol. The van der Waals surface area contributed by atoms with Gasteiger partial charge < -0.3 is 4.74 Å². The maximum absolute atomic E-state index is 5.51. The Balaban J connectivity index is 2.91. The number of hydrogen-bond acceptors (Lipinski definition) is 1. The van der Waals surface area contributed by atoms with Gasteiger partial charge in [-0.3, -0.25) is 0 Å². The van der Waals surface area contributed by atoms with Gasteiger partial charge in [-0.25, -0.2) is 0 Å². The Hall–Kier alpha value is 0.140. The van der Waals surface area contributed by atoms with Gasteiger partial charge in [0.25, 0.3) is 0 Å². The molecule has 72 valence electrons. The van der Waals surface area contributed by atoms with Crippen LogP contribution in [0.25, 0.3) is 0 Å². The molecule has 0 aliphatic rings. The molecule has 0 N–H and O–H groups in total. The maximum Gasteiger partial charge on any atom is 0.0807 e. The first-order valence-corrected chi connectivity index (χ1v) is 5.80. The summed E-state index contributed by atoms with van der Waals surface area (Å²) in [7, 11) is 0. The average Bonchev–Trinajstić information content (AvgIpc) is 2.09. The molecule has 0 heterocycles. The van der Waals surface area contributed by atoms with E-state index in [1.165, 1.54) is 5.56 Å². The zero-order chi connectivity index (χ0) is 9.84. The zero-order valence-electron chi connectivity index (χ0n) is 7.68. The van der Waals surface area contributed by atoms with Crippen molar-refractivity contribution in [1.82, 2.24) is 0 Å². The van der Waals surface area contributed by atoms with Crippen LogP contribution in [0.2, 0.25) is 0 Å². The Morgan fingerprint density at radius 3 is 2.69 bits per heavy atom. The van der Waals surface area contributed by atoms with Crippen LogP contribution in [-0.4, -0.2) is 6.61 Å². The van der Waals surface area contributed by atoms with Crippen molar-refractivity contribution in [3.8, 4) is 0 Å². The standard InChI is InChI=1S/C10H12Br2O/c1-3-13-7(2)9-6-8(11)4-5-10(9)12/h4-7H,3H2,1-2H3. The second-order valence-electron chi connectivity index (χ2n) is 2.76. The topological polar surface area (TPSA) is 9.23 Å². The monoisotopic (exact) mass is 306 g/mol. The minimum atomic E-state index is 0.136. The van der Waals surface area contributed by atoms with E-state index in [1.54, 1.807) is 0 Å². The second kappa shape index (κ2) is 5.13. The van der Waals surface area contributed by atoms with Crippen molar-refractivity contribution >= 4 is 31.9 Å². The Kier molecular flexibility index (Phi) is 4.42. The maximum atomic E-state index is 5.51. The molecule has 13 heavy (non-hydrogen) atoms. The van der Waals surface area contributed by atoms with Crippen molar-refractivity contribution in [2.45, 2.75) is 20.0 Å². The molecule has 1 aromatic carbocycles.